The minimum Gasteiger partial charge on any atom is -0.489 e. The zero-order valence-electron chi connectivity index (χ0n) is 29.2. The maximum atomic E-state index is 11.5. The van der Waals surface area contributed by atoms with Gasteiger partial charge in [-0.3, -0.25) is 0 Å². The van der Waals surface area contributed by atoms with Crippen LogP contribution in [0.25, 0.3) is 0 Å². The number of ether oxygens (including phenoxy) is 4. The molecule has 246 valence electrons. The fourth-order valence-corrected chi connectivity index (χ4v) is 5.68. The highest BCUT2D eigenvalue weighted by atomic mass is 16.6. The molecule has 0 aliphatic carbocycles. The molecule has 0 bridgehead atoms. The lowest BCUT2D eigenvalue weighted by Gasteiger charge is -2.31. The van der Waals surface area contributed by atoms with Crippen LogP contribution in [0.3, 0.4) is 0 Å². The highest BCUT2D eigenvalue weighted by molar-refractivity contribution is 5.81. The molecule has 0 fully saturated rings. The first-order valence-corrected chi connectivity index (χ1v) is 15.8. The van der Waals surface area contributed by atoms with Crippen LogP contribution in [-0.2, 0) is 29.9 Å². The minimum absolute atomic E-state index is 0.243. The number of esters is 2. The molecule has 3 aromatic carbocycles. The maximum absolute atomic E-state index is 11.5. The first-order valence-electron chi connectivity index (χ1n) is 15.8. The molecule has 0 spiro atoms. The van der Waals surface area contributed by atoms with Crippen LogP contribution in [0.4, 0.5) is 0 Å². The molecular weight excluding hydrogens is 576 g/mol. The molecule has 0 heterocycles. The maximum Gasteiger partial charge on any atom is 0.330 e. The lowest BCUT2D eigenvalue weighted by Crippen LogP contribution is -2.23. The van der Waals surface area contributed by atoms with Crippen LogP contribution in [0.2, 0.25) is 0 Å². The lowest BCUT2D eigenvalue weighted by atomic mass is 9.74. The number of benzene rings is 3. The second-order valence-electron chi connectivity index (χ2n) is 13.2. The van der Waals surface area contributed by atoms with E-state index in [1.807, 2.05) is 27.7 Å². The summed E-state index contributed by atoms with van der Waals surface area (Å²) < 4.78 is 22.6. The predicted molar refractivity (Wildman–Crippen MR) is 185 cm³/mol. The van der Waals surface area contributed by atoms with Gasteiger partial charge >= 0.3 is 11.9 Å². The molecule has 0 radical (unpaired) electrons. The van der Waals surface area contributed by atoms with E-state index in [1.165, 1.54) is 22.3 Å². The van der Waals surface area contributed by atoms with Crippen molar-refractivity contribution in [1.82, 2.24) is 0 Å². The van der Waals surface area contributed by atoms with Gasteiger partial charge in [-0.05, 0) is 86.1 Å². The van der Waals surface area contributed by atoms with Crippen molar-refractivity contribution in [2.24, 2.45) is 0 Å². The van der Waals surface area contributed by atoms with Gasteiger partial charge in [0.25, 0.3) is 0 Å². The third-order valence-electron chi connectivity index (χ3n) is 8.59. The topological polar surface area (TPSA) is 71.1 Å². The van der Waals surface area contributed by atoms with Crippen LogP contribution in [0.1, 0.15) is 86.1 Å². The van der Waals surface area contributed by atoms with Crippen molar-refractivity contribution in [3.63, 3.8) is 0 Å². The molecular formula is C40H50O6. The SMILES string of the molecule is C=CC(=O)OC(C)COc1c(C)cc(C(C)(C)c2ccc(C(C)(C)c3cc(C)c(OCC(C)OC(=O)C=C)c(C)c3)cc2)cc1C. The number of carbonyl (C=O) groups is 2. The van der Waals surface area contributed by atoms with Crippen molar-refractivity contribution in [3.05, 3.63) is 118 Å². The molecule has 6 nitrogen and oxygen atoms in total. The monoisotopic (exact) mass is 626 g/mol. The van der Waals surface area contributed by atoms with Crippen molar-refractivity contribution >= 4 is 11.9 Å². The smallest absolute Gasteiger partial charge is 0.330 e. The summed E-state index contributed by atoms with van der Waals surface area (Å²) in [6.45, 7) is 28.2. The van der Waals surface area contributed by atoms with E-state index >= 15 is 0 Å². The van der Waals surface area contributed by atoms with E-state index in [0.717, 1.165) is 45.9 Å². The molecule has 2 atom stereocenters. The molecule has 3 aromatic rings. The summed E-state index contributed by atoms with van der Waals surface area (Å²) in [6, 6.07) is 17.6. The Morgan fingerprint density at radius 2 is 0.891 bits per heavy atom. The Bertz CT molecular complexity index is 1410. The van der Waals surface area contributed by atoms with Gasteiger partial charge in [0.05, 0.1) is 0 Å². The number of hydrogen-bond acceptors (Lipinski definition) is 6. The van der Waals surface area contributed by atoms with Crippen molar-refractivity contribution in [3.8, 4) is 11.5 Å². The average Bonchev–Trinajstić information content (AvgIpc) is 2.99. The normalized spacial score (nSPS) is 12.9. The number of carbonyl (C=O) groups excluding carboxylic acids is 2. The number of hydrogen-bond donors (Lipinski definition) is 0. The molecule has 3 rings (SSSR count). The van der Waals surface area contributed by atoms with E-state index in [-0.39, 0.29) is 36.3 Å². The zero-order chi connectivity index (χ0) is 34.4. The van der Waals surface area contributed by atoms with Crippen LogP contribution in [0.5, 0.6) is 11.5 Å². The summed E-state index contributed by atoms with van der Waals surface area (Å²) >= 11 is 0. The molecule has 2 unspecified atom stereocenters. The lowest BCUT2D eigenvalue weighted by molar-refractivity contribution is -0.144. The van der Waals surface area contributed by atoms with Crippen molar-refractivity contribution in [2.45, 2.75) is 92.3 Å². The first kappa shape index (κ1) is 36.2. The van der Waals surface area contributed by atoms with Crippen molar-refractivity contribution in [1.29, 1.82) is 0 Å². The van der Waals surface area contributed by atoms with E-state index in [1.54, 1.807) is 13.8 Å². The zero-order valence-corrected chi connectivity index (χ0v) is 29.2. The standard InChI is InChI=1S/C40H50O6/c1-13-35(41)45-29(7)23-43-37-25(3)19-33(20-26(37)4)39(9,10)31-15-17-32(18-16-31)40(11,12)34-21-27(5)38(28(6)22-34)44-24-30(8)46-36(42)14-2/h13-22,29-30H,1-2,23-24H2,3-12H3. The van der Waals surface area contributed by atoms with Gasteiger partial charge in [-0.1, -0.05) is 89.4 Å². The molecule has 0 saturated heterocycles. The van der Waals surface area contributed by atoms with Crippen molar-refractivity contribution < 1.29 is 28.5 Å². The predicted octanol–water partition coefficient (Wildman–Crippen LogP) is 8.57. The highest BCUT2D eigenvalue weighted by Crippen LogP contribution is 2.39. The molecule has 6 heteroatoms. The van der Waals surface area contributed by atoms with Gasteiger partial charge in [0.15, 0.2) is 0 Å². The van der Waals surface area contributed by atoms with Crippen LogP contribution in [0, 0.1) is 27.7 Å². The van der Waals surface area contributed by atoms with Gasteiger partial charge in [-0.15, -0.1) is 0 Å². The van der Waals surface area contributed by atoms with E-state index in [0.29, 0.717) is 0 Å². The second kappa shape index (κ2) is 14.8. The van der Waals surface area contributed by atoms with E-state index in [4.69, 9.17) is 18.9 Å². The van der Waals surface area contributed by atoms with Crippen LogP contribution < -0.4 is 9.47 Å². The Hall–Kier alpha value is -4.32. The molecule has 0 N–H and O–H groups in total. The number of aryl methyl sites for hydroxylation is 4. The van der Waals surface area contributed by atoms with E-state index in [9.17, 15) is 9.59 Å². The highest BCUT2D eigenvalue weighted by Gasteiger charge is 2.28. The van der Waals surface area contributed by atoms with Gasteiger partial charge in [-0.25, -0.2) is 9.59 Å². The molecule has 0 aromatic heterocycles. The molecule has 0 aliphatic heterocycles. The Kier molecular flexibility index (Phi) is 11.7. The molecule has 46 heavy (non-hydrogen) atoms. The third kappa shape index (κ3) is 8.48. The summed E-state index contributed by atoms with van der Waals surface area (Å²) in [6.07, 6.45) is 1.55. The van der Waals surface area contributed by atoms with Crippen LogP contribution in [0.15, 0.2) is 73.8 Å². The van der Waals surface area contributed by atoms with Gasteiger partial charge in [-0.2, -0.15) is 0 Å². The van der Waals surface area contributed by atoms with Crippen LogP contribution >= 0.6 is 0 Å². The van der Waals surface area contributed by atoms with Gasteiger partial charge in [0.1, 0.15) is 36.9 Å². The average molecular weight is 627 g/mol. The fraction of sp³-hybridized carbons (Fsp3) is 0.400. The fourth-order valence-electron chi connectivity index (χ4n) is 5.68. The van der Waals surface area contributed by atoms with E-state index in [2.05, 4.69) is 89.4 Å². The first-order chi connectivity index (χ1) is 21.5. The Morgan fingerprint density at radius 1 is 0.609 bits per heavy atom. The summed E-state index contributed by atoms with van der Waals surface area (Å²) in [7, 11) is 0. The van der Waals surface area contributed by atoms with Gasteiger partial charge < -0.3 is 18.9 Å². The summed E-state index contributed by atoms with van der Waals surface area (Å²) in [5, 5.41) is 0. The molecule has 0 aliphatic rings. The number of rotatable bonds is 14. The van der Waals surface area contributed by atoms with Crippen LogP contribution in [-0.4, -0.2) is 37.4 Å². The third-order valence-corrected chi connectivity index (χ3v) is 8.59. The van der Waals surface area contributed by atoms with Gasteiger partial charge in [0, 0.05) is 23.0 Å². The van der Waals surface area contributed by atoms with Gasteiger partial charge in [0.2, 0.25) is 0 Å². The molecule has 0 amide bonds. The van der Waals surface area contributed by atoms with Crippen molar-refractivity contribution in [2.75, 3.05) is 13.2 Å². The second-order valence-corrected chi connectivity index (χ2v) is 13.2. The summed E-state index contributed by atoms with van der Waals surface area (Å²) in [5.41, 5.74) is 8.48. The Morgan fingerprint density at radius 3 is 1.15 bits per heavy atom. The van der Waals surface area contributed by atoms with E-state index < -0.39 is 11.9 Å². The Balaban J connectivity index is 1.79. The Labute approximate surface area is 275 Å². The largest absolute Gasteiger partial charge is 0.489 e. The quantitative estimate of drug-likeness (QED) is 0.132. The summed E-state index contributed by atoms with van der Waals surface area (Å²) in [5.74, 6) is 0.707. The summed E-state index contributed by atoms with van der Waals surface area (Å²) in [4.78, 5) is 23.0. The minimum atomic E-state index is -0.458. The molecule has 0 saturated carbocycles.